The Bertz CT molecular complexity index is 809. The highest BCUT2D eigenvalue weighted by molar-refractivity contribution is 5.98. The predicted molar refractivity (Wildman–Crippen MR) is 91.3 cm³/mol. The van der Waals surface area contributed by atoms with E-state index in [1.807, 2.05) is 72.2 Å². The Morgan fingerprint density at radius 1 is 1.13 bits per heavy atom. The third kappa shape index (κ3) is 3.12. The van der Waals surface area contributed by atoms with Crippen molar-refractivity contribution in [2.24, 2.45) is 0 Å². The fraction of sp³-hybridized carbons (Fsp3) is 0.211. The molecule has 23 heavy (non-hydrogen) atoms. The van der Waals surface area contributed by atoms with Crippen LogP contribution in [0.3, 0.4) is 0 Å². The number of hydrogen-bond acceptors (Lipinski definition) is 2. The summed E-state index contributed by atoms with van der Waals surface area (Å²) in [5, 5.41) is 14.0. The van der Waals surface area contributed by atoms with E-state index in [4.69, 9.17) is 0 Å². The van der Waals surface area contributed by atoms with Crippen LogP contribution in [-0.2, 0) is 6.54 Å². The number of amides is 1. The zero-order valence-corrected chi connectivity index (χ0v) is 13.1. The van der Waals surface area contributed by atoms with Crippen molar-refractivity contribution >= 4 is 16.8 Å². The average molecular weight is 308 g/mol. The molecular weight excluding hydrogens is 288 g/mol. The first-order valence-electron chi connectivity index (χ1n) is 7.80. The van der Waals surface area contributed by atoms with Crippen LogP contribution in [-0.4, -0.2) is 22.1 Å². The maximum atomic E-state index is 12.5. The molecule has 2 N–H and O–H groups in total. The molecule has 4 heteroatoms. The van der Waals surface area contributed by atoms with E-state index < -0.39 is 6.10 Å². The first-order chi connectivity index (χ1) is 11.2. The third-order valence-corrected chi connectivity index (χ3v) is 4.00. The summed E-state index contributed by atoms with van der Waals surface area (Å²) in [6.45, 7) is 2.92. The third-order valence-electron chi connectivity index (χ3n) is 4.00. The van der Waals surface area contributed by atoms with E-state index in [9.17, 15) is 9.90 Å². The summed E-state index contributed by atoms with van der Waals surface area (Å²) < 4.78 is 1.99. The summed E-state index contributed by atoms with van der Waals surface area (Å²) in [5.41, 5.74) is 2.46. The Hall–Kier alpha value is -2.59. The first kappa shape index (κ1) is 15.3. The van der Waals surface area contributed by atoms with Gasteiger partial charge in [-0.2, -0.15) is 0 Å². The van der Waals surface area contributed by atoms with Crippen LogP contribution < -0.4 is 5.32 Å². The number of aromatic nitrogens is 1. The van der Waals surface area contributed by atoms with Gasteiger partial charge in [-0.1, -0.05) is 48.5 Å². The molecule has 4 nitrogen and oxygen atoms in total. The smallest absolute Gasteiger partial charge is 0.268 e. The summed E-state index contributed by atoms with van der Waals surface area (Å²) in [6, 6.07) is 19.2. The van der Waals surface area contributed by atoms with Crippen molar-refractivity contribution in [2.45, 2.75) is 19.6 Å². The molecule has 118 valence electrons. The highest BCUT2D eigenvalue weighted by Gasteiger charge is 2.16. The normalized spacial score (nSPS) is 12.3. The van der Waals surface area contributed by atoms with E-state index in [1.165, 1.54) is 0 Å². The molecule has 1 heterocycles. The number of carbonyl (C=O) groups is 1. The Morgan fingerprint density at radius 3 is 2.57 bits per heavy atom. The van der Waals surface area contributed by atoms with Crippen LogP contribution >= 0.6 is 0 Å². The lowest BCUT2D eigenvalue weighted by molar-refractivity contribution is 0.0907. The number of rotatable bonds is 5. The lowest BCUT2D eigenvalue weighted by atomic mass is 10.1. The molecule has 0 aliphatic heterocycles. The molecule has 0 spiro atoms. The van der Waals surface area contributed by atoms with Crippen molar-refractivity contribution in [3.8, 4) is 0 Å². The highest BCUT2D eigenvalue weighted by Crippen LogP contribution is 2.20. The van der Waals surface area contributed by atoms with E-state index in [0.29, 0.717) is 5.69 Å². The lowest BCUT2D eigenvalue weighted by Gasteiger charge is -2.13. The fourth-order valence-corrected chi connectivity index (χ4v) is 2.81. The van der Waals surface area contributed by atoms with Crippen molar-refractivity contribution in [1.29, 1.82) is 0 Å². The second-order valence-corrected chi connectivity index (χ2v) is 5.47. The van der Waals surface area contributed by atoms with E-state index in [2.05, 4.69) is 5.32 Å². The van der Waals surface area contributed by atoms with Gasteiger partial charge in [0, 0.05) is 24.0 Å². The second kappa shape index (κ2) is 6.67. The second-order valence-electron chi connectivity index (χ2n) is 5.47. The number of aliphatic hydroxyl groups is 1. The fourth-order valence-electron chi connectivity index (χ4n) is 2.81. The van der Waals surface area contributed by atoms with Crippen LogP contribution in [0, 0.1) is 0 Å². The Balaban J connectivity index is 1.76. The molecule has 1 aromatic heterocycles. The summed E-state index contributed by atoms with van der Waals surface area (Å²) in [6.07, 6.45) is -0.709. The van der Waals surface area contributed by atoms with Gasteiger partial charge in [0.05, 0.1) is 6.10 Å². The monoisotopic (exact) mass is 308 g/mol. The molecule has 0 radical (unpaired) electrons. The summed E-state index contributed by atoms with van der Waals surface area (Å²) in [4.78, 5) is 12.5. The first-order valence-corrected chi connectivity index (χ1v) is 7.80. The van der Waals surface area contributed by atoms with Crippen molar-refractivity contribution in [3.63, 3.8) is 0 Å². The van der Waals surface area contributed by atoms with Gasteiger partial charge in [-0.3, -0.25) is 4.79 Å². The van der Waals surface area contributed by atoms with Crippen molar-refractivity contribution in [2.75, 3.05) is 6.54 Å². The van der Waals surface area contributed by atoms with Gasteiger partial charge in [-0.05, 0) is 24.6 Å². The average Bonchev–Trinajstić information content (AvgIpc) is 2.98. The van der Waals surface area contributed by atoms with Gasteiger partial charge >= 0.3 is 0 Å². The number of benzene rings is 2. The molecule has 0 aliphatic rings. The minimum atomic E-state index is -0.709. The Labute approximate surface area is 135 Å². The van der Waals surface area contributed by atoms with Gasteiger partial charge in [0.2, 0.25) is 0 Å². The molecule has 0 saturated heterocycles. The van der Waals surface area contributed by atoms with Crippen LogP contribution in [0.5, 0.6) is 0 Å². The van der Waals surface area contributed by atoms with Crippen LogP contribution in [0.15, 0.2) is 60.7 Å². The molecule has 1 atom stereocenters. The van der Waals surface area contributed by atoms with Gasteiger partial charge in [0.25, 0.3) is 5.91 Å². The Kier molecular flexibility index (Phi) is 4.44. The molecule has 3 rings (SSSR count). The number of hydrogen-bond donors (Lipinski definition) is 2. The van der Waals surface area contributed by atoms with E-state index in [0.717, 1.165) is 23.0 Å². The number of carbonyl (C=O) groups excluding carboxylic acids is 1. The molecule has 0 unspecified atom stereocenters. The summed E-state index contributed by atoms with van der Waals surface area (Å²) in [7, 11) is 0. The van der Waals surface area contributed by atoms with Crippen molar-refractivity contribution in [1.82, 2.24) is 9.88 Å². The maximum Gasteiger partial charge on any atom is 0.268 e. The standard InChI is InChI=1S/C19H20N2O2/c1-2-21-16-11-7-6-10-15(16)12-17(21)19(23)20-13-18(22)14-8-4-3-5-9-14/h3-12,18,22H,2,13H2,1H3,(H,20,23)/t18-/m1/s1. The topological polar surface area (TPSA) is 54.3 Å². The van der Waals surface area contributed by atoms with Gasteiger partial charge < -0.3 is 15.0 Å². The molecular formula is C19H20N2O2. The van der Waals surface area contributed by atoms with Crippen LogP contribution in [0.4, 0.5) is 0 Å². The van der Waals surface area contributed by atoms with Gasteiger partial charge in [0.1, 0.15) is 5.69 Å². The van der Waals surface area contributed by atoms with E-state index in [-0.39, 0.29) is 12.5 Å². The van der Waals surface area contributed by atoms with E-state index in [1.54, 1.807) is 0 Å². The number of aliphatic hydroxyl groups excluding tert-OH is 1. The van der Waals surface area contributed by atoms with Gasteiger partial charge in [0.15, 0.2) is 0 Å². The molecule has 0 aliphatic carbocycles. The van der Waals surface area contributed by atoms with Crippen LogP contribution in [0.25, 0.3) is 10.9 Å². The lowest BCUT2D eigenvalue weighted by Crippen LogP contribution is -2.30. The SMILES string of the molecule is CCn1c(C(=O)NC[C@@H](O)c2ccccc2)cc2ccccc21. The van der Waals surface area contributed by atoms with Crippen molar-refractivity contribution in [3.05, 3.63) is 71.9 Å². The summed E-state index contributed by atoms with van der Waals surface area (Å²) >= 11 is 0. The van der Waals surface area contributed by atoms with Gasteiger partial charge in [-0.15, -0.1) is 0 Å². The number of nitrogens with zero attached hydrogens (tertiary/aromatic N) is 1. The molecule has 1 amide bonds. The largest absolute Gasteiger partial charge is 0.387 e. The predicted octanol–water partition coefficient (Wildman–Crippen LogP) is 3.12. The molecule has 2 aromatic carbocycles. The minimum Gasteiger partial charge on any atom is -0.387 e. The molecule has 0 bridgehead atoms. The van der Waals surface area contributed by atoms with Crippen LogP contribution in [0.1, 0.15) is 29.1 Å². The number of aryl methyl sites for hydroxylation is 1. The van der Waals surface area contributed by atoms with Gasteiger partial charge in [-0.25, -0.2) is 0 Å². The molecule has 3 aromatic rings. The quantitative estimate of drug-likeness (QED) is 0.761. The summed E-state index contributed by atoms with van der Waals surface area (Å²) in [5.74, 6) is -0.168. The molecule has 0 saturated carbocycles. The zero-order chi connectivity index (χ0) is 16.2. The number of para-hydroxylation sites is 1. The van der Waals surface area contributed by atoms with Crippen LogP contribution in [0.2, 0.25) is 0 Å². The minimum absolute atomic E-state index is 0.168. The number of fused-ring (bicyclic) bond motifs is 1. The van der Waals surface area contributed by atoms with Crippen molar-refractivity contribution < 1.29 is 9.90 Å². The number of nitrogens with one attached hydrogen (secondary N) is 1. The zero-order valence-electron chi connectivity index (χ0n) is 13.1. The maximum absolute atomic E-state index is 12.5. The van der Waals surface area contributed by atoms with E-state index >= 15 is 0 Å². The highest BCUT2D eigenvalue weighted by atomic mass is 16.3. The Morgan fingerprint density at radius 2 is 1.83 bits per heavy atom. The molecule has 0 fully saturated rings.